The molecule has 0 bridgehead atoms. The zero-order chi connectivity index (χ0) is 17.0. The van der Waals surface area contributed by atoms with Crippen molar-refractivity contribution in [2.45, 2.75) is 6.36 Å². The molecule has 8 heteroatoms. The number of benzene rings is 1. The molecule has 0 unspecified atom stereocenters. The molecule has 2 rings (SSSR count). The number of esters is 1. The molecule has 0 aliphatic rings. The summed E-state index contributed by atoms with van der Waals surface area (Å²) in [7, 11) is 2.58. The summed E-state index contributed by atoms with van der Waals surface area (Å²) in [6.45, 7) is 0. The summed E-state index contributed by atoms with van der Waals surface area (Å²) < 4.78 is 50.1. The number of ether oxygens (including phenoxy) is 3. The highest BCUT2D eigenvalue weighted by atomic mass is 19.4. The molecule has 1 aromatic heterocycles. The van der Waals surface area contributed by atoms with Gasteiger partial charge in [-0.15, -0.1) is 13.2 Å². The first-order valence-corrected chi connectivity index (χ1v) is 6.32. The number of alkyl halides is 3. The number of aromatic nitrogens is 1. The van der Waals surface area contributed by atoms with E-state index in [1.807, 2.05) is 0 Å². The number of carbonyl (C=O) groups excluding carboxylic acids is 1. The molecule has 0 saturated carbocycles. The van der Waals surface area contributed by atoms with E-state index < -0.39 is 12.3 Å². The van der Waals surface area contributed by atoms with Crippen LogP contribution < -0.4 is 9.47 Å². The number of hydrogen-bond donors (Lipinski definition) is 0. The summed E-state index contributed by atoms with van der Waals surface area (Å²) >= 11 is 0. The van der Waals surface area contributed by atoms with Crippen LogP contribution in [0.1, 0.15) is 10.4 Å². The lowest BCUT2D eigenvalue weighted by Gasteiger charge is -2.13. The Morgan fingerprint density at radius 2 is 1.74 bits per heavy atom. The summed E-state index contributed by atoms with van der Waals surface area (Å²) in [6, 6.07) is 5.04. The Morgan fingerprint density at radius 3 is 2.26 bits per heavy atom. The molecule has 122 valence electrons. The molecular weight excluding hydrogens is 315 g/mol. The Bertz CT molecular complexity index is 699. The van der Waals surface area contributed by atoms with Crippen LogP contribution in [0.3, 0.4) is 0 Å². The molecule has 0 fully saturated rings. The van der Waals surface area contributed by atoms with Crippen molar-refractivity contribution in [3.05, 3.63) is 42.2 Å². The van der Waals surface area contributed by atoms with Gasteiger partial charge in [-0.1, -0.05) is 12.1 Å². The van der Waals surface area contributed by atoms with Gasteiger partial charge in [-0.2, -0.15) is 0 Å². The van der Waals surface area contributed by atoms with E-state index in [4.69, 9.17) is 9.47 Å². The molecule has 0 radical (unpaired) electrons. The lowest BCUT2D eigenvalue weighted by Crippen LogP contribution is -2.17. The van der Waals surface area contributed by atoms with Gasteiger partial charge >= 0.3 is 12.3 Å². The highest BCUT2D eigenvalue weighted by Crippen LogP contribution is 2.32. The molecule has 0 saturated heterocycles. The Hall–Kier alpha value is -2.77. The van der Waals surface area contributed by atoms with Crippen molar-refractivity contribution in [1.29, 1.82) is 0 Å². The average molecular weight is 327 g/mol. The van der Waals surface area contributed by atoms with Gasteiger partial charge in [0.25, 0.3) is 0 Å². The summed E-state index contributed by atoms with van der Waals surface area (Å²) in [5.41, 5.74) is 0.968. The summed E-state index contributed by atoms with van der Waals surface area (Å²) in [5, 5.41) is 0. The maximum absolute atomic E-state index is 12.2. The number of rotatable bonds is 4. The molecule has 0 atom stereocenters. The molecular formula is C15H12F3NO4. The zero-order valence-electron chi connectivity index (χ0n) is 12.2. The molecule has 0 aliphatic heterocycles. The minimum atomic E-state index is -4.77. The van der Waals surface area contributed by atoms with Gasteiger partial charge in [0, 0.05) is 11.8 Å². The van der Waals surface area contributed by atoms with E-state index in [-0.39, 0.29) is 17.1 Å². The summed E-state index contributed by atoms with van der Waals surface area (Å²) in [6.07, 6.45) is -2.03. The standard InChI is InChI=1S/C15H12F3NO4/c1-21-12-8-19-7-11(13(12)14(20)22-2)9-3-5-10(6-4-9)23-15(16,17)18/h3-8H,1-2H3. The first-order chi connectivity index (χ1) is 10.9. The van der Waals surface area contributed by atoms with Gasteiger partial charge in [-0.3, -0.25) is 4.98 Å². The largest absolute Gasteiger partial charge is 0.573 e. The minimum absolute atomic E-state index is 0.134. The lowest BCUT2D eigenvalue weighted by molar-refractivity contribution is -0.274. The monoisotopic (exact) mass is 327 g/mol. The van der Waals surface area contributed by atoms with E-state index >= 15 is 0 Å². The molecule has 2 aromatic rings. The van der Waals surface area contributed by atoms with E-state index in [2.05, 4.69) is 9.72 Å². The van der Waals surface area contributed by atoms with E-state index in [0.29, 0.717) is 11.1 Å². The van der Waals surface area contributed by atoms with Crippen LogP contribution in [-0.4, -0.2) is 31.5 Å². The number of methoxy groups -OCH3 is 2. The Labute approximate surface area is 129 Å². The van der Waals surface area contributed by atoms with Crippen LogP contribution in [0, 0.1) is 0 Å². The van der Waals surface area contributed by atoms with Crippen LogP contribution >= 0.6 is 0 Å². The predicted molar refractivity (Wildman–Crippen MR) is 74.2 cm³/mol. The molecule has 0 aliphatic carbocycles. The molecule has 0 spiro atoms. The minimum Gasteiger partial charge on any atom is -0.494 e. The quantitative estimate of drug-likeness (QED) is 0.805. The Balaban J connectivity index is 2.44. The first-order valence-electron chi connectivity index (χ1n) is 6.32. The highest BCUT2D eigenvalue weighted by molar-refractivity contribution is 5.99. The molecule has 0 N–H and O–H groups in total. The molecule has 1 heterocycles. The number of pyridine rings is 1. The second-order valence-electron chi connectivity index (χ2n) is 4.33. The number of halogens is 3. The normalized spacial score (nSPS) is 11.0. The van der Waals surface area contributed by atoms with Crippen molar-refractivity contribution in [3.8, 4) is 22.6 Å². The summed E-state index contributed by atoms with van der Waals surface area (Å²) in [4.78, 5) is 15.9. The maximum Gasteiger partial charge on any atom is 0.573 e. The highest BCUT2D eigenvalue weighted by Gasteiger charge is 2.31. The van der Waals surface area contributed by atoms with Gasteiger partial charge in [0.2, 0.25) is 0 Å². The van der Waals surface area contributed by atoms with Crippen LogP contribution in [-0.2, 0) is 4.74 Å². The third-order valence-corrected chi connectivity index (χ3v) is 2.92. The predicted octanol–water partition coefficient (Wildman–Crippen LogP) is 3.44. The average Bonchev–Trinajstić information content (AvgIpc) is 2.52. The maximum atomic E-state index is 12.2. The van der Waals surface area contributed by atoms with Crippen molar-refractivity contribution >= 4 is 5.97 Å². The van der Waals surface area contributed by atoms with Crippen LogP contribution in [0.4, 0.5) is 13.2 Å². The number of nitrogens with zero attached hydrogens (tertiary/aromatic N) is 1. The number of hydrogen-bond acceptors (Lipinski definition) is 5. The fourth-order valence-electron chi connectivity index (χ4n) is 1.96. The Morgan fingerprint density at radius 1 is 1.09 bits per heavy atom. The van der Waals surface area contributed by atoms with E-state index in [1.165, 1.54) is 38.7 Å². The van der Waals surface area contributed by atoms with Gasteiger partial charge < -0.3 is 14.2 Å². The third-order valence-electron chi connectivity index (χ3n) is 2.92. The van der Waals surface area contributed by atoms with Crippen molar-refractivity contribution in [2.75, 3.05) is 14.2 Å². The lowest BCUT2D eigenvalue weighted by atomic mass is 10.0. The van der Waals surface area contributed by atoms with Crippen LogP contribution in [0.2, 0.25) is 0 Å². The fraction of sp³-hybridized carbons (Fsp3) is 0.200. The second kappa shape index (κ2) is 6.55. The van der Waals surface area contributed by atoms with Crippen molar-refractivity contribution in [3.63, 3.8) is 0 Å². The van der Waals surface area contributed by atoms with Crippen LogP contribution in [0.25, 0.3) is 11.1 Å². The molecule has 5 nitrogen and oxygen atoms in total. The van der Waals surface area contributed by atoms with Gasteiger partial charge in [-0.05, 0) is 17.7 Å². The SMILES string of the molecule is COC(=O)c1c(OC)cncc1-c1ccc(OC(F)(F)F)cc1. The van der Waals surface area contributed by atoms with Crippen LogP contribution in [0.5, 0.6) is 11.5 Å². The van der Waals surface area contributed by atoms with Crippen molar-refractivity contribution in [2.24, 2.45) is 0 Å². The summed E-state index contributed by atoms with van der Waals surface area (Å²) in [5.74, 6) is -0.809. The van der Waals surface area contributed by atoms with Gasteiger partial charge in [0.05, 0.1) is 20.4 Å². The van der Waals surface area contributed by atoms with Gasteiger partial charge in [-0.25, -0.2) is 4.79 Å². The number of carbonyl (C=O) groups is 1. The van der Waals surface area contributed by atoms with E-state index in [1.54, 1.807) is 0 Å². The molecule has 1 aromatic carbocycles. The van der Waals surface area contributed by atoms with Crippen molar-refractivity contribution in [1.82, 2.24) is 4.98 Å². The zero-order valence-corrected chi connectivity index (χ0v) is 12.2. The molecule has 23 heavy (non-hydrogen) atoms. The fourth-order valence-corrected chi connectivity index (χ4v) is 1.96. The van der Waals surface area contributed by atoms with E-state index in [9.17, 15) is 18.0 Å². The van der Waals surface area contributed by atoms with E-state index in [0.717, 1.165) is 12.1 Å². The van der Waals surface area contributed by atoms with Gasteiger partial charge in [0.1, 0.15) is 11.3 Å². The third kappa shape index (κ3) is 3.91. The molecule has 0 amide bonds. The van der Waals surface area contributed by atoms with Gasteiger partial charge in [0.15, 0.2) is 5.75 Å². The topological polar surface area (TPSA) is 57.7 Å². The second-order valence-corrected chi connectivity index (χ2v) is 4.33. The first kappa shape index (κ1) is 16.6. The van der Waals surface area contributed by atoms with Crippen molar-refractivity contribution < 1.29 is 32.2 Å². The smallest absolute Gasteiger partial charge is 0.494 e. The Kier molecular flexibility index (Phi) is 4.73. The van der Waals surface area contributed by atoms with Crippen LogP contribution in [0.15, 0.2) is 36.7 Å².